The lowest BCUT2D eigenvalue weighted by molar-refractivity contribution is -0.109. The van der Waals surface area contributed by atoms with Crippen LogP contribution in [0.1, 0.15) is 11.1 Å². The maximum Gasteiger partial charge on any atom is 0.207 e. The van der Waals surface area contributed by atoms with Crippen molar-refractivity contribution in [1.82, 2.24) is 10.3 Å². The van der Waals surface area contributed by atoms with Crippen molar-refractivity contribution in [2.75, 3.05) is 13.7 Å². The molecule has 1 amide bonds. The molecule has 24 heavy (non-hydrogen) atoms. The van der Waals surface area contributed by atoms with Crippen molar-refractivity contribution in [3.05, 3.63) is 52.0 Å². The van der Waals surface area contributed by atoms with Crippen molar-refractivity contribution < 1.29 is 9.53 Å². The van der Waals surface area contributed by atoms with Crippen LogP contribution in [0, 0.1) is 6.92 Å². The topological polar surface area (TPSA) is 54.1 Å². The standard InChI is InChI=1S/C19H19BrN2O2/c1-12-3-5-13(6-4-12)19-14(7-8-21-11-23)15-9-18(24-2)16(20)10-17(15)22-19/h3-6,9-11,22H,7-8H2,1-2H3,(H,21,23). The highest BCUT2D eigenvalue weighted by molar-refractivity contribution is 9.10. The molecule has 2 aromatic carbocycles. The number of rotatable bonds is 6. The molecule has 0 spiro atoms. The van der Waals surface area contributed by atoms with E-state index >= 15 is 0 Å². The molecule has 1 heterocycles. The van der Waals surface area contributed by atoms with E-state index in [0.29, 0.717) is 6.54 Å². The summed E-state index contributed by atoms with van der Waals surface area (Å²) in [4.78, 5) is 14.1. The third-order valence-corrected chi connectivity index (χ3v) is 4.74. The monoisotopic (exact) mass is 386 g/mol. The quantitative estimate of drug-likeness (QED) is 0.492. The van der Waals surface area contributed by atoms with E-state index < -0.39 is 0 Å². The molecule has 124 valence electrons. The third kappa shape index (κ3) is 3.17. The first-order chi connectivity index (χ1) is 11.6. The van der Waals surface area contributed by atoms with Gasteiger partial charge in [0.2, 0.25) is 6.41 Å². The molecule has 0 fully saturated rings. The number of benzene rings is 2. The van der Waals surface area contributed by atoms with Gasteiger partial charge in [-0.05, 0) is 52.5 Å². The van der Waals surface area contributed by atoms with Crippen LogP contribution in [0.2, 0.25) is 0 Å². The van der Waals surface area contributed by atoms with E-state index in [1.807, 2.05) is 12.1 Å². The maximum atomic E-state index is 10.6. The summed E-state index contributed by atoms with van der Waals surface area (Å²) in [5.41, 5.74) is 5.66. The molecule has 0 saturated heterocycles. The normalized spacial score (nSPS) is 10.8. The summed E-state index contributed by atoms with van der Waals surface area (Å²) in [7, 11) is 1.66. The summed E-state index contributed by atoms with van der Waals surface area (Å²) >= 11 is 3.54. The second kappa shape index (κ2) is 7.09. The van der Waals surface area contributed by atoms with Crippen LogP contribution >= 0.6 is 15.9 Å². The van der Waals surface area contributed by atoms with Crippen molar-refractivity contribution in [2.24, 2.45) is 0 Å². The van der Waals surface area contributed by atoms with Crippen LogP contribution in [-0.4, -0.2) is 25.0 Å². The number of carbonyl (C=O) groups is 1. The molecule has 0 aliphatic carbocycles. The number of halogens is 1. The summed E-state index contributed by atoms with van der Waals surface area (Å²) in [6.45, 7) is 2.67. The Kier molecular flexibility index (Phi) is 4.90. The van der Waals surface area contributed by atoms with E-state index in [-0.39, 0.29) is 0 Å². The van der Waals surface area contributed by atoms with Gasteiger partial charge < -0.3 is 15.0 Å². The highest BCUT2D eigenvalue weighted by atomic mass is 79.9. The average molecular weight is 387 g/mol. The number of ether oxygens (including phenoxy) is 1. The zero-order chi connectivity index (χ0) is 17.1. The van der Waals surface area contributed by atoms with Crippen LogP contribution in [0.15, 0.2) is 40.9 Å². The number of aromatic amines is 1. The lowest BCUT2D eigenvalue weighted by Crippen LogP contribution is -2.14. The molecular weight excluding hydrogens is 368 g/mol. The number of nitrogens with one attached hydrogen (secondary N) is 2. The van der Waals surface area contributed by atoms with E-state index in [0.717, 1.165) is 45.2 Å². The minimum Gasteiger partial charge on any atom is -0.496 e. The van der Waals surface area contributed by atoms with Gasteiger partial charge in [-0.25, -0.2) is 0 Å². The number of hydrogen-bond acceptors (Lipinski definition) is 2. The number of aromatic nitrogens is 1. The Balaban J connectivity index is 2.16. The van der Waals surface area contributed by atoms with Crippen LogP contribution in [0.3, 0.4) is 0 Å². The van der Waals surface area contributed by atoms with Gasteiger partial charge in [-0.15, -0.1) is 0 Å². The number of hydrogen-bond donors (Lipinski definition) is 2. The highest BCUT2D eigenvalue weighted by Crippen LogP contribution is 2.36. The molecule has 1 aromatic heterocycles. The summed E-state index contributed by atoms with van der Waals surface area (Å²) in [6.07, 6.45) is 1.48. The molecular formula is C19H19BrN2O2. The van der Waals surface area contributed by atoms with Gasteiger partial charge in [-0.2, -0.15) is 0 Å². The first-order valence-electron chi connectivity index (χ1n) is 7.76. The predicted molar refractivity (Wildman–Crippen MR) is 100 cm³/mol. The molecule has 2 N–H and O–H groups in total. The molecule has 5 heteroatoms. The lowest BCUT2D eigenvalue weighted by Gasteiger charge is -2.07. The van der Waals surface area contributed by atoms with Gasteiger partial charge >= 0.3 is 0 Å². The number of aryl methyl sites for hydroxylation is 1. The number of H-pyrrole nitrogens is 1. The zero-order valence-electron chi connectivity index (χ0n) is 13.7. The molecule has 0 aliphatic heterocycles. The number of methoxy groups -OCH3 is 1. The van der Waals surface area contributed by atoms with Crippen molar-refractivity contribution in [3.63, 3.8) is 0 Å². The minimum atomic E-state index is 0.591. The van der Waals surface area contributed by atoms with Crippen LogP contribution < -0.4 is 10.1 Å². The number of fused-ring (bicyclic) bond motifs is 1. The van der Waals surface area contributed by atoms with Crippen LogP contribution in [0.25, 0.3) is 22.2 Å². The summed E-state index contributed by atoms with van der Waals surface area (Å²) < 4.78 is 6.34. The fourth-order valence-corrected chi connectivity index (χ4v) is 3.40. The van der Waals surface area contributed by atoms with E-state index in [1.54, 1.807) is 7.11 Å². The summed E-state index contributed by atoms with van der Waals surface area (Å²) in [5, 5.41) is 3.85. The number of carbonyl (C=O) groups excluding carboxylic acids is 1. The Labute approximate surface area is 149 Å². The fraction of sp³-hybridized carbons (Fsp3) is 0.211. The Morgan fingerprint density at radius 1 is 1.25 bits per heavy atom. The molecule has 3 rings (SSSR count). The van der Waals surface area contributed by atoms with Gasteiger partial charge in [0, 0.05) is 23.1 Å². The molecule has 0 unspecified atom stereocenters. The fourth-order valence-electron chi connectivity index (χ4n) is 2.89. The van der Waals surface area contributed by atoms with Gasteiger partial charge in [0.15, 0.2) is 0 Å². The zero-order valence-corrected chi connectivity index (χ0v) is 15.2. The predicted octanol–water partition coefficient (Wildman–Crippen LogP) is 4.20. The maximum absolute atomic E-state index is 10.6. The number of amides is 1. The van der Waals surface area contributed by atoms with E-state index in [2.05, 4.69) is 57.4 Å². The average Bonchev–Trinajstić information content (AvgIpc) is 2.92. The summed E-state index contributed by atoms with van der Waals surface area (Å²) in [6, 6.07) is 12.5. The lowest BCUT2D eigenvalue weighted by atomic mass is 10.0. The Hall–Kier alpha value is -2.27. The first kappa shape index (κ1) is 16.6. The van der Waals surface area contributed by atoms with Gasteiger partial charge in [-0.3, -0.25) is 4.79 Å². The van der Waals surface area contributed by atoms with Crippen LogP contribution in [0.4, 0.5) is 0 Å². The van der Waals surface area contributed by atoms with E-state index in [4.69, 9.17) is 4.74 Å². The molecule has 0 bridgehead atoms. The van der Waals surface area contributed by atoms with Crippen molar-refractivity contribution in [2.45, 2.75) is 13.3 Å². The van der Waals surface area contributed by atoms with Gasteiger partial charge in [0.05, 0.1) is 11.6 Å². The van der Waals surface area contributed by atoms with Crippen molar-refractivity contribution in [3.8, 4) is 17.0 Å². The highest BCUT2D eigenvalue weighted by Gasteiger charge is 2.15. The van der Waals surface area contributed by atoms with E-state index in [1.165, 1.54) is 11.1 Å². The van der Waals surface area contributed by atoms with E-state index in [9.17, 15) is 4.79 Å². The van der Waals surface area contributed by atoms with Gasteiger partial charge in [-0.1, -0.05) is 29.8 Å². The second-order valence-corrected chi connectivity index (χ2v) is 6.55. The molecule has 0 saturated carbocycles. The molecule has 3 aromatic rings. The van der Waals surface area contributed by atoms with Crippen molar-refractivity contribution in [1.29, 1.82) is 0 Å². The largest absolute Gasteiger partial charge is 0.496 e. The SMILES string of the molecule is COc1cc2c(CCNC=O)c(-c3ccc(C)cc3)[nH]c2cc1Br. The molecule has 4 nitrogen and oxygen atoms in total. The Morgan fingerprint density at radius 2 is 2.00 bits per heavy atom. The van der Waals surface area contributed by atoms with Gasteiger partial charge in [0.1, 0.15) is 5.75 Å². The molecule has 0 atom stereocenters. The second-order valence-electron chi connectivity index (χ2n) is 5.70. The first-order valence-corrected chi connectivity index (χ1v) is 8.55. The Morgan fingerprint density at radius 3 is 2.67 bits per heavy atom. The summed E-state index contributed by atoms with van der Waals surface area (Å²) in [5.74, 6) is 0.793. The molecule has 0 radical (unpaired) electrons. The van der Waals surface area contributed by atoms with Gasteiger partial charge in [0.25, 0.3) is 0 Å². The smallest absolute Gasteiger partial charge is 0.207 e. The van der Waals surface area contributed by atoms with Crippen LogP contribution in [-0.2, 0) is 11.2 Å². The third-order valence-electron chi connectivity index (χ3n) is 4.12. The minimum absolute atomic E-state index is 0.591. The van der Waals surface area contributed by atoms with Crippen molar-refractivity contribution >= 4 is 33.2 Å². The van der Waals surface area contributed by atoms with Crippen LogP contribution in [0.5, 0.6) is 5.75 Å². The Bertz CT molecular complexity index is 869. The molecule has 0 aliphatic rings.